The van der Waals surface area contributed by atoms with E-state index in [1.54, 1.807) is 18.3 Å². The van der Waals surface area contributed by atoms with Crippen molar-refractivity contribution in [3.63, 3.8) is 0 Å². The molecule has 27 heavy (non-hydrogen) atoms. The first-order valence-corrected chi connectivity index (χ1v) is 9.50. The van der Waals surface area contributed by atoms with Gasteiger partial charge in [-0.25, -0.2) is 4.98 Å². The first-order valence-electron chi connectivity index (χ1n) is 8.14. The first-order chi connectivity index (χ1) is 13.0. The molecule has 140 valence electrons. The van der Waals surface area contributed by atoms with Gasteiger partial charge in [0.1, 0.15) is 12.4 Å². The van der Waals surface area contributed by atoms with Crippen LogP contribution in [-0.4, -0.2) is 31.4 Å². The summed E-state index contributed by atoms with van der Waals surface area (Å²) in [4.78, 5) is 16.0. The molecule has 7 nitrogen and oxygen atoms in total. The molecule has 0 aliphatic carbocycles. The van der Waals surface area contributed by atoms with Gasteiger partial charge in [0.05, 0.1) is 11.4 Å². The molecule has 9 heteroatoms. The van der Waals surface area contributed by atoms with Gasteiger partial charge in [-0.2, -0.15) is 0 Å². The Balaban J connectivity index is 1.54. The van der Waals surface area contributed by atoms with Crippen LogP contribution in [0.15, 0.2) is 47.8 Å². The average Bonchev–Trinajstić information content (AvgIpc) is 3.00. The van der Waals surface area contributed by atoms with E-state index in [0.29, 0.717) is 23.3 Å². The van der Waals surface area contributed by atoms with Crippen LogP contribution in [-0.2, 0) is 18.4 Å². The molecular weight excluding hydrogens is 386 g/mol. The summed E-state index contributed by atoms with van der Waals surface area (Å²) < 4.78 is 7.56. The van der Waals surface area contributed by atoms with Crippen LogP contribution in [0.2, 0.25) is 5.15 Å². The number of aromatic nitrogens is 4. The molecule has 3 rings (SSSR count). The average molecular weight is 404 g/mol. The van der Waals surface area contributed by atoms with Crippen LogP contribution >= 0.6 is 23.4 Å². The molecule has 0 aliphatic heterocycles. The summed E-state index contributed by atoms with van der Waals surface area (Å²) in [5.74, 6) is 1.43. The number of carbonyl (C=O) groups excluding carboxylic acids is 1. The number of aryl methyl sites for hydroxylation is 1. The topological polar surface area (TPSA) is 81.9 Å². The van der Waals surface area contributed by atoms with E-state index in [9.17, 15) is 4.79 Å². The van der Waals surface area contributed by atoms with E-state index in [2.05, 4.69) is 20.5 Å². The maximum atomic E-state index is 12.1. The number of halogens is 1. The lowest BCUT2D eigenvalue weighted by Gasteiger charge is -2.08. The minimum absolute atomic E-state index is 0.177. The zero-order valence-corrected chi connectivity index (χ0v) is 16.4. The lowest BCUT2D eigenvalue weighted by Crippen LogP contribution is -2.15. The molecule has 0 saturated heterocycles. The van der Waals surface area contributed by atoms with Crippen LogP contribution in [0, 0.1) is 6.92 Å². The number of pyridine rings is 1. The van der Waals surface area contributed by atoms with Crippen LogP contribution in [0.5, 0.6) is 5.75 Å². The summed E-state index contributed by atoms with van der Waals surface area (Å²) >= 11 is 7.22. The fourth-order valence-corrected chi connectivity index (χ4v) is 3.14. The number of thioether (sulfide) groups is 1. The Kier molecular flexibility index (Phi) is 6.31. The van der Waals surface area contributed by atoms with Gasteiger partial charge in [0.2, 0.25) is 5.91 Å². The summed E-state index contributed by atoms with van der Waals surface area (Å²) in [5, 5.41) is 11.9. The van der Waals surface area contributed by atoms with Crippen molar-refractivity contribution in [2.24, 2.45) is 7.05 Å². The third-order valence-corrected chi connectivity index (χ3v) is 4.97. The van der Waals surface area contributed by atoms with Crippen molar-refractivity contribution in [1.82, 2.24) is 19.7 Å². The Labute approximate surface area is 166 Å². The van der Waals surface area contributed by atoms with Gasteiger partial charge in [0, 0.05) is 13.2 Å². The second kappa shape index (κ2) is 8.88. The second-order valence-corrected chi connectivity index (χ2v) is 7.04. The number of nitrogens with zero attached hydrogens (tertiary/aromatic N) is 4. The Bertz CT molecular complexity index is 947. The number of anilines is 1. The molecule has 0 spiro atoms. The van der Waals surface area contributed by atoms with Crippen LogP contribution in [0.25, 0.3) is 0 Å². The molecule has 1 N–H and O–H groups in total. The number of nitrogens with one attached hydrogen (secondary N) is 1. The number of rotatable bonds is 7. The second-order valence-electron chi connectivity index (χ2n) is 5.74. The third-order valence-electron chi connectivity index (χ3n) is 3.65. The number of ether oxygens (including phenoxy) is 1. The van der Waals surface area contributed by atoms with Gasteiger partial charge in [0.25, 0.3) is 0 Å². The minimum atomic E-state index is -0.199. The number of amides is 1. The van der Waals surface area contributed by atoms with Crippen molar-refractivity contribution in [3.8, 4) is 5.75 Å². The third kappa shape index (κ3) is 5.21. The standard InChI is InChI=1S/C18H18ClN5O2S/c1-12-5-3-6-13(9-12)26-10-15-22-23-18(24(15)2)27-11-16(25)21-14-7-4-8-20-17(14)19/h3-9H,10-11H2,1-2H3,(H,21,25). The zero-order chi connectivity index (χ0) is 19.2. The van der Waals surface area contributed by atoms with Crippen LogP contribution in [0.3, 0.4) is 0 Å². The molecule has 0 unspecified atom stereocenters. The molecule has 0 saturated carbocycles. The summed E-state index contributed by atoms with van der Waals surface area (Å²) in [6.07, 6.45) is 1.56. The van der Waals surface area contributed by atoms with Crippen molar-refractivity contribution in [2.75, 3.05) is 11.1 Å². The van der Waals surface area contributed by atoms with E-state index < -0.39 is 0 Å². The highest BCUT2D eigenvalue weighted by Gasteiger charge is 2.13. The van der Waals surface area contributed by atoms with Crippen molar-refractivity contribution >= 4 is 35.0 Å². The minimum Gasteiger partial charge on any atom is -0.486 e. The number of hydrogen-bond donors (Lipinski definition) is 1. The van der Waals surface area contributed by atoms with Gasteiger partial charge in [-0.3, -0.25) is 4.79 Å². The van der Waals surface area contributed by atoms with Gasteiger partial charge in [-0.05, 0) is 36.8 Å². The Morgan fingerprint density at radius 1 is 1.30 bits per heavy atom. The van der Waals surface area contributed by atoms with E-state index in [-0.39, 0.29) is 16.8 Å². The first kappa shape index (κ1) is 19.2. The predicted molar refractivity (Wildman–Crippen MR) is 105 cm³/mol. The van der Waals surface area contributed by atoms with Gasteiger partial charge in [0.15, 0.2) is 16.1 Å². The van der Waals surface area contributed by atoms with Gasteiger partial charge >= 0.3 is 0 Å². The van der Waals surface area contributed by atoms with E-state index in [4.69, 9.17) is 16.3 Å². The highest BCUT2D eigenvalue weighted by Crippen LogP contribution is 2.20. The molecule has 3 aromatic rings. The van der Waals surface area contributed by atoms with Crippen molar-refractivity contribution in [3.05, 3.63) is 59.1 Å². The molecule has 0 aliphatic rings. The SMILES string of the molecule is Cc1cccc(OCc2nnc(SCC(=O)Nc3cccnc3Cl)n2C)c1. The monoisotopic (exact) mass is 403 g/mol. The molecule has 0 bridgehead atoms. The molecule has 0 radical (unpaired) electrons. The lowest BCUT2D eigenvalue weighted by atomic mass is 10.2. The van der Waals surface area contributed by atoms with Crippen LogP contribution in [0.1, 0.15) is 11.4 Å². The molecule has 1 amide bonds. The zero-order valence-electron chi connectivity index (χ0n) is 14.8. The van der Waals surface area contributed by atoms with E-state index in [1.807, 2.05) is 42.8 Å². The van der Waals surface area contributed by atoms with Crippen LogP contribution < -0.4 is 10.1 Å². The van der Waals surface area contributed by atoms with Crippen molar-refractivity contribution in [2.45, 2.75) is 18.7 Å². The Hall–Kier alpha value is -2.58. The Morgan fingerprint density at radius 2 is 2.15 bits per heavy atom. The number of carbonyl (C=O) groups is 1. The molecular formula is C18H18ClN5O2S. The van der Waals surface area contributed by atoms with Crippen molar-refractivity contribution in [1.29, 1.82) is 0 Å². The highest BCUT2D eigenvalue weighted by atomic mass is 35.5. The Morgan fingerprint density at radius 3 is 2.93 bits per heavy atom. The molecule has 2 aromatic heterocycles. The maximum Gasteiger partial charge on any atom is 0.234 e. The van der Waals surface area contributed by atoms with E-state index >= 15 is 0 Å². The summed E-state index contributed by atoms with van der Waals surface area (Å²) in [5.41, 5.74) is 1.61. The smallest absolute Gasteiger partial charge is 0.234 e. The number of hydrogen-bond acceptors (Lipinski definition) is 6. The fourth-order valence-electron chi connectivity index (χ4n) is 2.25. The molecule has 0 atom stereocenters. The molecule has 2 heterocycles. The largest absolute Gasteiger partial charge is 0.486 e. The maximum absolute atomic E-state index is 12.1. The quantitative estimate of drug-likeness (QED) is 0.480. The highest BCUT2D eigenvalue weighted by molar-refractivity contribution is 7.99. The van der Waals surface area contributed by atoms with Crippen molar-refractivity contribution < 1.29 is 9.53 Å². The predicted octanol–water partition coefficient (Wildman–Crippen LogP) is 3.48. The summed E-state index contributed by atoms with van der Waals surface area (Å²) in [6, 6.07) is 11.2. The lowest BCUT2D eigenvalue weighted by molar-refractivity contribution is -0.113. The van der Waals surface area contributed by atoms with E-state index in [1.165, 1.54) is 11.8 Å². The summed E-state index contributed by atoms with van der Waals surface area (Å²) in [7, 11) is 1.84. The van der Waals surface area contributed by atoms with Crippen LogP contribution in [0.4, 0.5) is 5.69 Å². The van der Waals surface area contributed by atoms with Gasteiger partial charge in [-0.15, -0.1) is 10.2 Å². The molecule has 0 fully saturated rings. The summed E-state index contributed by atoms with van der Waals surface area (Å²) in [6.45, 7) is 2.30. The molecule has 1 aromatic carbocycles. The van der Waals surface area contributed by atoms with Gasteiger partial charge < -0.3 is 14.6 Å². The normalized spacial score (nSPS) is 10.6. The fraction of sp³-hybridized carbons (Fsp3) is 0.222. The van der Waals surface area contributed by atoms with E-state index in [0.717, 1.165) is 11.3 Å². The number of benzene rings is 1. The van der Waals surface area contributed by atoms with Gasteiger partial charge in [-0.1, -0.05) is 35.5 Å².